The van der Waals surface area contributed by atoms with Crippen molar-refractivity contribution in [3.63, 3.8) is 0 Å². The Balaban J connectivity index is 1.48. The first-order chi connectivity index (χ1) is 16.6. The number of piperidine rings is 1. The van der Waals surface area contributed by atoms with Crippen molar-refractivity contribution in [3.05, 3.63) is 53.0 Å². The lowest BCUT2D eigenvalue weighted by Gasteiger charge is -2.38. The van der Waals surface area contributed by atoms with Crippen LogP contribution in [-0.2, 0) is 26.9 Å². The monoisotopic (exact) mass is 499 g/mol. The Labute approximate surface area is 204 Å². The lowest BCUT2D eigenvalue weighted by Crippen LogP contribution is -2.48. The summed E-state index contributed by atoms with van der Waals surface area (Å²) in [5.74, 6) is -0.747. The van der Waals surface area contributed by atoms with E-state index in [1.807, 2.05) is 18.2 Å². The highest BCUT2D eigenvalue weighted by molar-refractivity contribution is 7.92. The van der Waals surface area contributed by atoms with Crippen molar-refractivity contribution < 1.29 is 18.0 Å². The number of nitrogens with zero attached hydrogens (tertiary/aromatic N) is 4. The Morgan fingerprint density at radius 1 is 1.29 bits per heavy atom. The zero-order chi connectivity index (χ0) is 25.2. The Morgan fingerprint density at radius 3 is 2.60 bits per heavy atom. The first kappa shape index (κ1) is 24.7. The highest BCUT2D eigenvalue weighted by Crippen LogP contribution is 2.34. The van der Waals surface area contributed by atoms with Gasteiger partial charge in [-0.3, -0.25) is 23.9 Å². The van der Waals surface area contributed by atoms with Gasteiger partial charge in [0, 0.05) is 37.4 Å². The second kappa shape index (κ2) is 9.67. The van der Waals surface area contributed by atoms with Crippen LogP contribution >= 0.6 is 0 Å². The van der Waals surface area contributed by atoms with Crippen LogP contribution in [0.3, 0.4) is 0 Å². The third kappa shape index (κ3) is 5.98. The molecule has 1 aliphatic heterocycles. The summed E-state index contributed by atoms with van der Waals surface area (Å²) in [6, 6.07) is 7.26. The van der Waals surface area contributed by atoms with Crippen molar-refractivity contribution in [2.24, 2.45) is 11.7 Å². The third-order valence-electron chi connectivity index (χ3n) is 6.45. The molecule has 1 saturated heterocycles. The number of carbonyl (C=O) groups is 2. The summed E-state index contributed by atoms with van der Waals surface area (Å²) in [5, 5.41) is 7.23. The molecule has 4 N–H and O–H groups in total. The average Bonchev–Trinajstić information content (AvgIpc) is 3.54. The molecular formula is C23H29N7O4S. The van der Waals surface area contributed by atoms with E-state index in [2.05, 4.69) is 24.9 Å². The number of hydrogen-bond acceptors (Lipinski definition) is 6. The minimum Gasteiger partial charge on any atom is -0.365 e. The molecule has 1 aliphatic carbocycles. The van der Waals surface area contributed by atoms with Crippen molar-refractivity contribution in [2.75, 3.05) is 35.9 Å². The van der Waals surface area contributed by atoms with Crippen molar-refractivity contribution >= 4 is 33.3 Å². The van der Waals surface area contributed by atoms with E-state index in [-0.39, 0.29) is 29.8 Å². The van der Waals surface area contributed by atoms with Crippen molar-refractivity contribution in [1.82, 2.24) is 14.7 Å². The maximum absolute atomic E-state index is 12.3. The molecule has 0 bridgehead atoms. The topological polar surface area (TPSA) is 144 Å². The number of primary amides is 1. The van der Waals surface area contributed by atoms with Gasteiger partial charge < -0.3 is 15.9 Å². The summed E-state index contributed by atoms with van der Waals surface area (Å²) < 4.78 is 27.2. The molecule has 2 fully saturated rings. The number of rotatable bonds is 9. The van der Waals surface area contributed by atoms with E-state index in [0.717, 1.165) is 24.7 Å². The van der Waals surface area contributed by atoms with Gasteiger partial charge in [-0.05, 0) is 43.4 Å². The number of carbonyl (C=O) groups excluding carboxylic acids is 2. The molecule has 0 unspecified atom stereocenters. The number of likely N-dealkylation sites (tertiary alicyclic amines) is 1. The highest BCUT2D eigenvalue weighted by atomic mass is 32.2. The van der Waals surface area contributed by atoms with Crippen LogP contribution in [0.1, 0.15) is 41.6 Å². The molecule has 2 aliphatic rings. The molecular weight excluding hydrogens is 470 g/mol. The number of sulfonamides is 1. The van der Waals surface area contributed by atoms with Crippen molar-refractivity contribution in [2.45, 2.75) is 37.8 Å². The van der Waals surface area contributed by atoms with Crippen LogP contribution in [0.4, 0.5) is 11.5 Å². The average molecular weight is 500 g/mol. The predicted octanol–water partition coefficient (Wildman–Crippen LogP) is 1.61. The van der Waals surface area contributed by atoms with Crippen LogP contribution in [0.5, 0.6) is 0 Å². The summed E-state index contributed by atoms with van der Waals surface area (Å²) in [6.07, 6.45) is 5.54. The number of anilines is 2. The SMILES string of the molecule is [C-]#[N+]CC1(n2cc(C(N)=O)c(NC(=O)C3CC3)n2)CCN(Cc2cccc(NS(C)(=O)=O)c2)CC1. The molecule has 0 spiro atoms. The molecule has 1 aromatic carbocycles. The lowest BCUT2D eigenvalue weighted by molar-refractivity contribution is -0.117. The van der Waals surface area contributed by atoms with Gasteiger partial charge in [0.15, 0.2) is 5.82 Å². The van der Waals surface area contributed by atoms with Gasteiger partial charge in [0.1, 0.15) is 11.1 Å². The fourth-order valence-electron chi connectivity index (χ4n) is 4.39. The summed E-state index contributed by atoms with van der Waals surface area (Å²) >= 11 is 0. The van der Waals surface area contributed by atoms with E-state index in [9.17, 15) is 18.0 Å². The first-order valence-corrected chi connectivity index (χ1v) is 13.3. The number of aromatic nitrogens is 2. The molecule has 11 nitrogen and oxygen atoms in total. The third-order valence-corrected chi connectivity index (χ3v) is 7.06. The molecule has 4 rings (SSSR count). The van der Waals surface area contributed by atoms with Gasteiger partial charge in [-0.2, -0.15) is 5.10 Å². The van der Waals surface area contributed by atoms with E-state index in [1.165, 1.54) is 0 Å². The van der Waals surface area contributed by atoms with Gasteiger partial charge in [-0.25, -0.2) is 15.0 Å². The van der Waals surface area contributed by atoms with E-state index >= 15 is 0 Å². The fourth-order valence-corrected chi connectivity index (χ4v) is 4.95. The molecule has 2 heterocycles. The molecule has 12 heteroatoms. The summed E-state index contributed by atoms with van der Waals surface area (Å²) in [5.41, 5.74) is 6.55. The highest BCUT2D eigenvalue weighted by Gasteiger charge is 2.41. The van der Waals surface area contributed by atoms with Crippen LogP contribution in [-0.4, -0.2) is 60.8 Å². The zero-order valence-electron chi connectivity index (χ0n) is 19.5. The van der Waals surface area contributed by atoms with Crippen LogP contribution < -0.4 is 15.8 Å². The van der Waals surface area contributed by atoms with E-state index in [4.69, 9.17) is 12.3 Å². The second-order valence-electron chi connectivity index (χ2n) is 9.36. The second-order valence-corrected chi connectivity index (χ2v) is 11.1. The van der Waals surface area contributed by atoms with Crippen molar-refractivity contribution in [3.8, 4) is 0 Å². The van der Waals surface area contributed by atoms with Gasteiger partial charge in [-0.15, -0.1) is 0 Å². The minimum atomic E-state index is -3.36. The van der Waals surface area contributed by atoms with Gasteiger partial charge in [-0.1, -0.05) is 12.1 Å². The van der Waals surface area contributed by atoms with Crippen LogP contribution in [0.25, 0.3) is 4.85 Å². The van der Waals surface area contributed by atoms with Crippen LogP contribution in [0.2, 0.25) is 0 Å². The molecule has 186 valence electrons. The predicted molar refractivity (Wildman–Crippen MR) is 131 cm³/mol. The van der Waals surface area contributed by atoms with Gasteiger partial charge in [0.25, 0.3) is 5.91 Å². The van der Waals surface area contributed by atoms with E-state index < -0.39 is 21.5 Å². The molecule has 2 amide bonds. The van der Waals surface area contributed by atoms with Crippen LogP contribution in [0.15, 0.2) is 30.5 Å². The van der Waals surface area contributed by atoms with Gasteiger partial charge in [0.2, 0.25) is 22.5 Å². The fraction of sp³-hybridized carbons (Fsp3) is 0.478. The smallest absolute Gasteiger partial charge is 0.254 e. The maximum atomic E-state index is 12.3. The molecule has 0 atom stereocenters. The Hall–Kier alpha value is -3.43. The quantitative estimate of drug-likeness (QED) is 0.447. The number of nitrogens with one attached hydrogen (secondary N) is 2. The normalized spacial score (nSPS) is 17.9. The summed E-state index contributed by atoms with van der Waals surface area (Å²) in [7, 11) is -3.36. The number of amides is 2. The lowest BCUT2D eigenvalue weighted by atomic mass is 9.87. The largest absolute Gasteiger partial charge is 0.365 e. The zero-order valence-corrected chi connectivity index (χ0v) is 20.3. The summed E-state index contributed by atoms with van der Waals surface area (Å²) in [6.45, 7) is 9.68. The van der Waals surface area contributed by atoms with Crippen LogP contribution in [0, 0.1) is 12.5 Å². The minimum absolute atomic E-state index is 0.0487. The molecule has 0 radical (unpaired) electrons. The number of benzene rings is 1. The number of hydrogen-bond donors (Lipinski definition) is 3. The van der Waals surface area contributed by atoms with Gasteiger partial charge >= 0.3 is 0 Å². The van der Waals surface area contributed by atoms with Crippen molar-refractivity contribution in [1.29, 1.82) is 0 Å². The number of nitrogens with two attached hydrogens (primary N) is 1. The molecule has 2 aromatic rings. The Bertz CT molecular complexity index is 1270. The first-order valence-electron chi connectivity index (χ1n) is 11.4. The molecule has 35 heavy (non-hydrogen) atoms. The Morgan fingerprint density at radius 2 is 2.00 bits per heavy atom. The van der Waals surface area contributed by atoms with E-state index in [1.54, 1.807) is 16.9 Å². The van der Waals surface area contributed by atoms with E-state index in [0.29, 0.717) is 38.2 Å². The molecule has 1 aromatic heterocycles. The molecule has 1 saturated carbocycles. The maximum Gasteiger partial charge on any atom is 0.254 e. The Kier molecular flexibility index (Phi) is 6.82. The standard InChI is InChI=1S/C23H29N7O4S/c1-25-15-23(30-14-19(20(24)31)21(27-30)26-22(32)17-6-7-17)8-10-29(11-9-23)13-16-4-3-5-18(12-16)28-35(2,33)34/h3-5,12,14,17,28H,6-11,13,15H2,2H3,(H2,24,31)(H,26,27,32). The van der Waals surface area contributed by atoms with Gasteiger partial charge in [0.05, 0.1) is 6.26 Å². The summed E-state index contributed by atoms with van der Waals surface area (Å²) in [4.78, 5) is 30.2.